The standard InChI is InChI=1S/C19H20ClNO3/c1-23-18-3-4-19(24-2)14-10-21-6-5-11-7-15(20)17(22)9-12(11)16(21)8-13(14)18/h3-4,7,9,16,22H,5-6,8,10H2,1-2H3. The number of nitrogens with zero attached hydrogens (tertiary/aromatic N) is 1. The van der Waals surface area contributed by atoms with Gasteiger partial charge in [0.05, 0.1) is 19.2 Å². The molecule has 0 spiro atoms. The smallest absolute Gasteiger partial charge is 0.134 e. The fourth-order valence-corrected chi connectivity index (χ4v) is 4.20. The van der Waals surface area contributed by atoms with Gasteiger partial charge in [-0.3, -0.25) is 4.90 Å². The molecule has 0 saturated carbocycles. The first-order chi connectivity index (χ1) is 11.6. The van der Waals surface area contributed by atoms with Gasteiger partial charge in [-0.1, -0.05) is 11.6 Å². The van der Waals surface area contributed by atoms with E-state index in [-0.39, 0.29) is 11.8 Å². The number of halogens is 1. The van der Waals surface area contributed by atoms with Gasteiger partial charge >= 0.3 is 0 Å². The van der Waals surface area contributed by atoms with E-state index >= 15 is 0 Å². The summed E-state index contributed by atoms with van der Waals surface area (Å²) in [6.07, 6.45) is 1.78. The molecular weight excluding hydrogens is 326 g/mol. The molecule has 0 bridgehead atoms. The van der Waals surface area contributed by atoms with Crippen LogP contribution in [-0.2, 0) is 19.4 Å². The zero-order valence-electron chi connectivity index (χ0n) is 13.8. The Balaban J connectivity index is 1.82. The normalized spacial score (nSPS) is 19.2. The molecule has 5 heteroatoms. The topological polar surface area (TPSA) is 41.9 Å². The molecule has 0 aliphatic carbocycles. The third kappa shape index (κ3) is 2.33. The molecule has 2 aromatic rings. The van der Waals surface area contributed by atoms with Gasteiger partial charge in [0.2, 0.25) is 0 Å². The lowest BCUT2D eigenvalue weighted by atomic mass is 9.83. The van der Waals surface area contributed by atoms with Gasteiger partial charge < -0.3 is 14.6 Å². The molecule has 126 valence electrons. The number of hydrogen-bond donors (Lipinski definition) is 1. The summed E-state index contributed by atoms with van der Waals surface area (Å²) in [6, 6.07) is 7.90. The first-order valence-electron chi connectivity index (χ1n) is 8.10. The molecule has 2 aromatic carbocycles. The highest BCUT2D eigenvalue weighted by molar-refractivity contribution is 6.32. The van der Waals surface area contributed by atoms with Crippen LogP contribution in [0.2, 0.25) is 5.02 Å². The molecular formula is C19H20ClNO3. The van der Waals surface area contributed by atoms with Gasteiger partial charge in [0.1, 0.15) is 17.2 Å². The summed E-state index contributed by atoms with van der Waals surface area (Å²) in [5, 5.41) is 10.5. The number of aromatic hydroxyl groups is 1. The van der Waals surface area contributed by atoms with Crippen LogP contribution in [0, 0.1) is 0 Å². The maximum Gasteiger partial charge on any atom is 0.134 e. The van der Waals surface area contributed by atoms with Gasteiger partial charge in [-0.05, 0) is 48.2 Å². The van der Waals surface area contributed by atoms with E-state index in [1.54, 1.807) is 14.2 Å². The molecule has 0 aromatic heterocycles. The van der Waals surface area contributed by atoms with Crippen LogP contribution in [0.5, 0.6) is 17.2 Å². The second-order valence-electron chi connectivity index (χ2n) is 6.37. The molecule has 2 aliphatic heterocycles. The van der Waals surface area contributed by atoms with Crippen molar-refractivity contribution >= 4 is 11.6 Å². The Hall–Kier alpha value is -1.91. The zero-order valence-corrected chi connectivity index (χ0v) is 14.6. The Morgan fingerprint density at radius 3 is 2.54 bits per heavy atom. The van der Waals surface area contributed by atoms with E-state index in [2.05, 4.69) is 4.90 Å². The van der Waals surface area contributed by atoms with E-state index < -0.39 is 0 Å². The lowest BCUT2D eigenvalue weighted by Gasteiger charge is -2.42. The molecule has 4 nitrogen and oxygen atoms in total. The lowest BCUT2D eigenvalue weighted by Crippen LogP contribution is -2.39. The third-order valence-electron chi connectivity index (χ3n) is 5.22. The number of ether oxygens (including phenoxy) is 2. The summed E-state index contributed by atoms with van der Waals surface area (Å²) in [7, 11) is 3.41. The molecule has 1 unspecified atom stereocenters. The highest BCUT2D eigenvalue weighted by Gasteiger charge is 2.35. The fraction of sp³-hybridized carbons (Fsp3) is 0.368. The van der Waals surface area contributed by atoms with Crippen LogP contribution in [-0.4, -0.2) is 30.8 Å². The minimum absolute atomic E-state index is 0.153. The molecule has 2 heterocycles. The summed E-state index contributed by atoms with van der Waals surface area (Å²) < 4.78 is 11.1. The monoisotopic (exact) mass is 345 g/mol. The largest absolute Gasteiger partial charge is 0.506 e. The molecule has 0 saturated heterocycles. The lowest BCUT2D eigenvalue weighted by molar-refractivity contribution is 0.156. The van der Waals surface area contributed by atoms with Gasteiger partial charge in [-0.15, -0.1) is 0 Å². The van der Waals surface area contributed by atoms with E-state index in [1.165, 1.54) is 22.3 Å². The fourth-order valence-electron chi connectivity index (χ4n) is 4.02. The van der Waals surface area contributed by atoms with Crippen LogP contribution < -0.4 is 9.47 Å². The van der Waals surface area contributed by atoms with Crippen molar-refractivity contribution in [2.75, 3.05) is 20.8 Å². The van der Waals surface area contributed by atoms with Crippen molar-refractivity contribution < 1.29 is 14.6 Å². The predicted octanol–water partition coefficient (Wildman–Crippen LogP) is 3.72. The maximum absolute atomic E-state index is 10.0. The van der Waals surface area contributed by atoms with E-state index in [0.29, 0.717) is 5.02 Å². The second-order valence-corrected chi connectivity index (χ2v) is 6.78. The molecule has 0 fully saturated rings. The quantitative estimate of drug-likeness (QED) is 0.900. The Bertz CT molecular complexity index is 806. The van der Waals surface area contributed by atoms with Gasteiger partial charge in [-0.25, -0.2) is 0 Å². The van der Waals surface area contributed by atoms with Crippen molar-refractivity contribution in [3.63, 3.8) is 0 Å². The van der Waals surface area contributed by atoms with E-state index in [4.69, 9.17) is 21.1 Å². The summed E-state index contributed by atoms with van der Waals surface area (Å²) in [4.78, 5) is 2.44. The molecule has 0 amide bonds. The van der Waals surface area contributed by atoms with E-state index in [1.807, 2.05) is 24.3 Å². The van der Waals surface area contributed by atoms with Gasteiger partial charge in [0, 0.05) is 30.3 Å². The number of methoxy groups -OCH3 is 2. The van der Waals surface area contributed by atoms with Crippen LogP contribution in [0.4, 0.5) is 0 Å². The third-order valence-corrected chi connectivity index (χ3v) is 5.52. The number of rotatable bonds is 2. The van der Waals surface area contributed by atoms with Crippen LogP contribution in [0.25, 0.3) is 0 Å². The minimum Gasteiger partial charge on any atom is -0.506 e. The highest BCUT2D eigenvalue weighted by atomic mass is 35.5. The molecule has 1 N–H and O–H groups in total. The van der Waals surface area contributed by atoms with Crippen molar-refractivity contribution in [3.8, 4) is 17.2 Å². The van der Waals surface area contributed by atoms with Gasteiger partial charge in [0.15, 0.2) is 0 Å². The van der Waals surface area contributed by atoms with Crippen LogP contribution in [0.1, 0.15) is 28.3 Å². The Kier molecular flexibility index (Phi) is 3.82. The van der Waals surface area contributed by atoms with Crippen LogP contribution in [0.15, 0.2) is 24.3 Å². The first-order valence-corrected chi connectivity index (χ1v) is 8.48. The average molecular weight is 346 g/mol. The Morgan fingerprint density at radius 1 is 1.12 bits per heavy atom. The molecule has 1 atom stereocenters. The average Bonchev–Trinajstić information content (AvgIpc) is 2.60. The van der Waals surface area contributed by atoms with Crippen LogP contribution in [0.3, 0.4) is 0 Å². The Labute approximate surface area is 146 Å². The summed E-state index contributed by atoms with van der Waals surface area (Å²) in [5.74, 6) is 1.96. The molecule has 0 radical (unpaired) electrons. The van der Waals surface area contributed by atoms with Crippen molar-refractivity contribution in [1.82, 2.24) is 4.90 Å². The SMILES string of the molecule is COc1ccc(OC)c2c1CC1c3cc(O)c(Cl)cc3CCN1C2. The number of benzene rings is 2. The number of fused-ring (bicyclic) bond motifs is 4. The molecule has 2 aliphatic rings. The Morgan fingerprint density at radius 2 is 1.83 bits per heavy atom. The van der Waals surface area contributed by atoms with Gasteiger partial charge in [-0.2, -0.15) is 0 Å². The number of hydrogen-bond acceptors (Lipinski definition) is 4. The van der Waals surface area contributed by atoms with Crippen molar-refractivity contribution in [2.24, 2.45) is 0 Å². The molecule has 24 heavy (non-hydrogen) atoms. The molecule has 4 rings (SSSR count). The number of phenolic OH excluding ortho intramolecular Hbond substituents is 1. The van der Waals surface area contributed by atoms with Crippen molar-refractivity contribution in [2.45, 2.75) is 25.4 Å². The van der Waals surface area contributed by atoms with Crippen LogP contribution >= 0.6 is 11.6 Å². The van der Waals surface area contributed by atoms with E-state index in [0.717, 1.165) is 37.4 Å². The summed E-state index contributed by atoms with van der Waals surface area (Å²) >= 11 is 6.09. The first kappa shape index (κ1) is 15.6. The van der Waals surface area contributed by atoms with Crippen molar-refractivity contribution in [3.05, 3.63) is 51.5 Å². The summed E-state index contributed by atoms with van der Waals surface area (Å²) in [5.41, 5.74) is 4.79. The number of phenols is 1. The highest BCUT2D eigenvalue weighted by Crippen LogP contribution is 2.45. The summed E-state index contributed by atoms with van der Waals surface area (Å²) in [6.45, 7) is 1.79. The maximum atomic E-state index is 10.0. The predicted molar refractivity (Wildman–Crippen MR) is 93.2 cm³/mol. The zero-order chi connectivity index (χ0) is 16.8. The minimum atomic E-state index is 0.153. The van der Waals surface area contributed by atoms with Crippen molar-refractivity contribution in [1.29, 1.82) is 0 Å². The van der Waals surface area contributed by atoms with E-state index in [9.17, 15) is 5.11 Å². The van der Waals surface area contributed by atoms with Gasteiger partial charge in [0.25, 0.3) is 0 Å². The second kappa shape index (κ2) is 5.87.